The molecule has 200 valence electrons. The van der Waals surface area contributed by atoms with E-state index in [0.717, 1.165) is 6.07 Å². The van der Waals surface area contributed by atoms with E-state index in [2.05, 4.69) is 10.0 Å². The first-order valence-electron chi connectivity index (χ1n) is 11.4. The lowest BCUT2D eigenvalue weighted by Gasteiger charge is -2.21. The molecule has 3 aromatic rings. The molecule has 0 fully saturated rings. The van der Waals surface area contributed by atoms with E-state index in [1.807, 2.05) is 6.07 Å². The van der Waals surface area contributed by atoms with Crippen LogP contribution >= 0.6 is 0 Å². The summed E-state index contributed by atoms with van der Waals surface area (Å²) in [5.41, 5.74) is -0.793. The van der Waals surface area contributed by atoms with Gasteiger partial charge in [-0.1, -0.05) is 24.3 Å². The SMILES string of the molecule is COc1cc(C(=O)Nc2ccc(-c3ccccc3C(F)(F)F)c(CC#N)c2)ccc1S(=O)(=O)NC(C)(C)C. The van der Waals surface area contributed by atoms with Gasteiger partial charge in [0.05, 0.1) is 25.2 Å². The van der Waals surface area contributed by atoms with Crippen LogP contribution in [0.15, 0.2) is 65.6 Å². The molecule has 1 amide bonds. The van der Waals surface area contributed by atoms with Gasteiger partial charge in [0.25, 0.3) is 5.91 Å². The fourth-order valence-electron chi connectivity index (χ4n) is 3.82. The number of halogens is 3. The number of anilines is 1. The van der Waals surface area contributed by atoms with E-state index in [1.165, 1.54) is 61.7 Å². The Balaban J connectivity index is 1.94. The third-order valence-corrected chi connectivity index (χ3v) is 7.11. The molecule has 0 aromatic heterocycles. The monoisotopic (exact) mass is 545 g/mol. The highest BCUT2D eigenvalue weighted by Crippen LogP contribution is 2.39. The van der Waals surface area contributed by atoms with Crippen molar-refractivity contribution in [3.63, 3.8) is 0 Å². The van der Waals surface area contributed by atoms with Crippen molar-refractivity contribution in [1.29, 1.82) is 5.26 Å². The highest BCUT2D eigenvalue weighted by atomic mass is 32.2. The van der Waals surface area contributed by atoms with Gasteiger partial charge in [-0.15, -0.1) is 0 Å². The zero-order valence-electron chi connectivity index (χ0n) is 21.1. The normalized spacial score (nSPS) is 12.1. The average molecular weight is 546 g/mol. The van der Waals surface area contributed by atoms with Crippen molar-refractivity contribution in [1.82, 2.24) is 4.72 Å². The van der Waals surface area contributed by atoms with Gasteiger partial charge in [0.2, 0.25) is 10.0 Å². The maximum Gasteiger partial charge on any atom is 0.417 e. The lowest BCUT2D eigenvalue weighted by molar-refractivity contribution is -0.137. The second-order valence-corrected chi connectivity index (χ2v) is 11.1. The minimum absolute atomic E-state index is 0.0429. The van der Waals surface area contributed by atoms with Gasteiger partial charge in [0, 0.05) is 16.8 Å². The Morgan fingerprint density at radius 2 is 1.68 bits per heavy atom. The van der Waals surface area contributed by atoms with Crippen molar-refractivity contribution in [2.75, 3.05) is 12.4 Å². The highest BCUT2D eigenvalue weighted by Gasteiger charge is 2.33. The quantitative estimate of drug-likeness (QED) is 0.392. The summed E-state index contributed by atoms with van der Waals surface area (Å²) in [5.74, 6) is -0.652. The fourth-order valence-corrected chi connectivity index (χ4v) is 5.39. The summed E-state index contributed by atoms with van der Waals surface area (Å²) >= 11 is 0. The summed E-state index contributed by atoms with van der Waals surface area (Å²) in [7, 11) is -2.66. The molecule has 0 saturated carbocycles. The highest BCUT2D eigenvalue weighted by molar-refractivity contribution is 7.89. The molecule has 0 spiro atoms. The number of amides is 1. The van der Waals surface area contributed by atoms with E-state index in [1.54, 1.807) is 20.8 Å². The number of carbonyl (C=O) groups excluding carboxylic acids is 1. The molecule has 0 unspecified atom stereocenters. The third-order valence-electron chi connectivity index (χ3n) is 5.31. The Morgan fingerprint density at radius 1 is 1.00 bits per heavy atom. The van der Waals surface area contributed by atoms with Crippen LogP contribution in [0.3, 0.4) is 0 Å². The van der Waals surface area contributed by atoms with Gasteiger partial charge in [-0.3, -0.25) is 4.79 Å². The molecule has 3 rings (SSSR count). The number of alkyl halides is 3. The largest absolute Gasteiger partial charge is 0.495 e. The van der Waals surface area contributed by atoms with Crippen molar-refractivity contribution in [3.8, 4) is 22.9 Å². The lowest BCUT2D eigenvalue weighted by atomic mass is 9.93. The van der Waals surface area contributed by atoms with Crippen LogP contribution in [0.2, 0.25) is 0 Å². The molecule has 0 aliphatic carbocycles. The molecule has 7 nitrogen and oxygen atoms in total. The topological polar surface area (TPSA) is 108 Å². The maximum atomic E-state index is 13.6. The predicted molar refractivity (Wildman–Crippen MR) is 137 cm³/mol. The smallest absolute Gasteiger partial charge is 0.417 e. The Labute approximate surface area is 219 Å². The van der Waals surface area contributed by atoms with Crippen LogP contribution in [0, 0.1) is 11.3 Å². The van der Waals surface area contributed by atoms with Crippen molar-refractivity contribution in [2.24, 2.45) is 0 Å². The van der Waals surface area contributed by atoms with Crippen molar-refractivity contribution in [2.45, 2.75) is 43.8 Å². The van der Waals surface area contributed by atoms with Crippen LogP contribution in [0.1, 0.15) is 42.3 Å². The lowest BCUT2D eigenvalue weighted by Crippen LogP contribution is -2.40. The predicted octanol–water partition coefficient (Wildman–Crippen LogP) is 5.78. The Kier molecular flexibility index (Phi) is 8.19. The molecule has 0 bridgehead atoms. The van der Waals surface area contributed by atoms with Crippen LogP contribution in [-0.4, -0.2) is 27.0 Å². The van der Waals surface area contributed by atoms with Crippen LogP contribution in [0.25, 0.3) is 11.1 Å². The number of ether oxygens (including phenoxy) is 1. The second-order valence-electron chi connectivity index (χ2n) is 9.43. The van der Waals surface area contributed by atoms with E-state index < -0.39 is 33.2 Å². The van der Waals surface area contributed by atoms with Gasteiger partial charge in [-0.2, -0.15) is 18.4 Å². The first kappa shape index (κ1) is 28.7. The minimum Gasteiger partial charge on any atom is -0.495 e. The number of rotatable bonds is 7. The van der Waals surface area contributed by atoms with Gasteiger partial charge in [-0.05, 0) is 73.9 Å². The molecule has 0 aliphatic heterocycles. The summed E-state index contributed by atoms with van der Waals surface area (Å²) in [4.78, 5) is 12.8. The Hall–Kier alpha value is -3.88. The molecule has 0 atom stereocenters. The summed E-state index contributed by atoms with van der Waals surface area (Å²) in [6, 6.07) is 15.1. The molecule has 11 heteroatoms. The van der Waals surface area contributed by atoms with Gasteiger partial charge in [0.15, 0.2) is 0 Å². The summed E-state index contributed by atoms with van der Waals surface area (Å²) in [6.45, 7) is 5.06. The number of hydrogen-bond donors (Lipinski definition) is 2. The fraction of sp³-hybridized carbons (Fsp3) is 0.259. The molecule has 38 heavy (non-hydrogen) atoms. The van der Waals surface area contributed by atoms with E-state index in [4.69, 9.17) is 4.74 Å². The van der Waals surface area contributed by atoms with E-state index >= 15 is 0 Å². The molecule has 3 aromatic carbocycles. The van der Waals surface area contributed by atoms with Gasteiger partial charge >= 0.3 is 6.18 Å². The Morgan fingerprint density at radius 3 is 2.29 bits per heavy atom. The standard InChI is InChI=1S/C27H26F3N3O4S/c1-26(2,3)33-38(35,36)24-12-9-18(16-23(24)37-4)25(34)32-19-10-11-20(17(15-19)13-14-31)21-7-5-6-8-22(21)27(28,29)30/h5-12,15-16,33H,13H2,1-4H3,(H,32,34). The summed E-state index contributed by atoms with van der Waals surface area (Å²) in [6.07, 6.45) is -4.78. The first-order chi connectivity index (χ1) is 17.7. The first-order valence-corrected chi connectivity index (χ1v) is 12.8. The van der Waals surface area contributed by atoms with Crippen LogP contribution in [0.5, 0.6) is 5.75 Å². The molecule has 0 radical (unpaired) electrons. The molecular formula is C27H26F3N3O4S. The van der Waals surface area contributed by atoms with Crippen LogP contribution in [-0.2, 0) is 22.6 Å². The van der Waals surface area contributed by atoms with E-state index in [-0.39, 0.29) is 39.4 Å². The second kappa shape index (κ2) is 10.8. The summed E-state index contributed by atoms with van der Waals surface area (Å²) in [5, 5.41) is 11.9. The number of nitrogens with one attached hydrogen (secondary N) is 2. The molecular weight excluding hydrogens is 519 g/mol. The van der Waals surface area contributed by atoms with Crippen molar-refractivity contribution < 1.29 is 31.1 Å². The van der Waals surface area contributed by atoms with E-state index in [9.17, 15) is 31.6 Å². The number of nitrogens with zero attached hydrogens (tertiary/aromatic N) is 1. The van der Waals surface area contributed by atoms with Gasteiger partial charge in [0.1, 0.15) is 10.6 Å². The number of benzene rings is 3. The summed E-state index contributed by atoms with van der Waals surface area (Å²) < 4.78 is 73.9. The van der Waals surface area contributed by atoms with Gasteiger partial charge in [-0.25, -0.2) is 13.1 Å². The van der Waals surface area contributed by atoms with Crippen LogP contribution in [0.4, 0.5) is 18.9 Å². The molecule has 0 heterocycles. The number of nitriles is 1. The van der Waals surface area contributed by atoms with Crippen LogP contribution < -0.4 is 14.8 Å². The zero-order chi connectivity index (χ0) is 28.3. The zero-order valence-corrected chi connectivity index (χ0v) is 21.9. The number of carbonyl (C=O) groups is 1. The molecule has 0 aliphatic rings. The maximum absolute atomic E-state index is 13.6. The minimum atomic E-state index is -4.59. The van der Waals surface area contributed by atoms with Gasteiger partial charge < -0.3 is 10.1 Å². The average Bonchev–Trinajstić information content (AvgIpc) is 2.82. The van der Waals surface area contributed by atoms with Crippen molar-refractivity contribution >= 4 is 21.6 Å². The number of sulfonamides is 1. The Bertz CT molecular complexity index is 1510. The number of hydrogen-bond acceptors (Lipinski definition) is 5. The molecule has 2 N–H and O–H groups in total. The number of methoxy groups -OCH3 is 1. The van der Waals surface area contributed by atoms with E-state index in [0.29, 0.717) is 5.56 Å². The third kappa shape index (κ3) is 6.70. The molecule has 0 saturated heterocycles. The van der Waals surface area contributed by atoms with Crippen molar-refractivity contribution in [3.05, 3.63) is 77.4 Å².